The van der Waals surface area contributed by atoms with Gasteiger partial charge in [0.1, 0.15) is 5.75 Å². The number of amides is 1. The van der Waals surface area contributed by atoms with E-state index in [2.05, 4.69) is 4.99 Å². The summed E-state index contributed by atoms with van der Waals surface area (Å²) in [6, 6.07) is 20.8. The number of aliphatic imine (C=N–C) groups is 1. The number of carboxylic acids is 1. The number of amidine groups is 1. The van der Waals surface area contributed by atoms with E-state index in [4.69, 9.17) is 33.0 Å². The normalized spacial score (nSPS) is 15.9. The molecule has 9 heteroatoms. The maximum Gasteiger partial charge on any atom is 0.341 e. The highest BCUT2D eigenvalue weighted by Crippen LogP contribution is 2.38. The fourth-order valence-electron chi connectivity index (χ4n) is 2.98. The van der Waals surface area contributed by atoms with E-state index in [0.717, 1.165) is 0 Å². The van der Waals surface area contributed by atoms with Gasteiger partial charge in [-0.2, -0.15) is 0 Å². The largest absolute Gasteiger partial charge is 0.482 e. The lowest BCUT2D eigenvalue weighted by Crippen LogP contribution is -2.28. The summed E-state index contributed by atoms with van der Waals surface area (Å²) in [5.74, 6) is -0.916. The van der Waals surface area contributed by atoms with Gasteiger partial charge in [0.05, 0.1) is 16.3 Å². The van der Waals surface area contributed by atoms with Crippen LogP contribution in [0, 0.1) is 0 Å². The van der Waals surface area contributed by atoms with Gasteiger partial charge in [-0.1, -0.05) is 35.3 Å². The Morgan fingerprint density at radius 1 is 1.03 bits per heavy atom. The molecule has 166 valence electrons. The van der Waals surface area contributed by atoms with Crippen molar-refractivity contribution in [2.45, 2.75) is 0 Å². The van der Waals surface area contributed by atoms with Crippen molar-refractivity contribution in [2.75, 3.05) is 11.5 Å². The van der Waals surface area contributed by atoms with E-state index in [1.54, 1.807) is 78.9 Å². The molecule has 1 N–H and O–H groups in total. The summed E-state index contributed by atoms with van der Waals surface area (Å²) in [6.45, 7) is -0.448. The van der Waals surface area contributed by atoms with Gasteiger partial charge < -0.3 is 9.84 Å². The predicted octanol–water partition coefficient (Wildman–Crippen LogP) is 6.27. The molecule has 6 nitrogen and oxygen atoms in total. The Labute approximate surface area is 204 Å². The van der Waals surface area contributed by atoms with Crippen LogP contribution in [-0.2, 0) is 9.59 Å². The number of halogens is 2. The number of carboxylic acid groups (broad SMARTS) is 1. The minimum Gasteiger partial charge on any atom is -0.482 e. The van der Waals surface area contributed by atoms with Crippen molar-refractivity contribution in [1.82, 2.24) is 0 Å². The summed E-state index contributed by atoms with van der Waals surface area (Å²) >= 11 is 13.2. The molecule has 0 aliphatic carbocycles. The van der Waals surface area contributed by atoms with Gasteiger partial charge in [-0.05, 0) is 84.1 Å². The van der Waals surface area contributed by atoms with Gasteiger partial charge in [-0.25, -0.2) is 9.79 Å². The Morgan fingerprint density at radius 2 is 1.70 bits per heavy atom. The van der Waals surface area contributed by atoms with Crippen LogP contribution in [0.25, 0.3) is 6.08 Å². The molecule has 1 saturated heterocycles. The van der Waals surface area contributed by atoms with Crippen LogP contribution < -0.4 is 9.64 Å². The van der Waals surface area contributed by atoms with Crippen LogP contribution in [0.15, 0.2) is 82.7 Å². The third-order valence-corrected chi connectivity index (χ3v) is 5.93. The van der Waals surface area contributed by atoms with Gasteiger partial charge in [0, 0.05) is 10.0 Å². The zero-order valence-electron chi connectivity index (χ0n) is 16.9. The van der Waals surface area contributed by atoms with Gasteiger partial charge in [-0.15, -0.1) is 0 Å². The molecule has 1 aliphatic rings. The first-order valence-corrected chi connectivity index (χ1v) is 11.2. The van der Waals surface area contributed by atoms with Crippen molar-refractivity contribution >= 4 is 69.5 Å². The second-order valence-corrected chi connectivity index (χ2v) is 8.74. The van der Waals surface area contributed by atoms with Crippen molar-refractivity contribution in [3.05, 3.63) is 93.3 Å². The molecule has 0 spiro atoms. The van der Waals surface area contributed by atoms with Crippen molar-refractivity contribution < 1.29 is 19.4 Å². The number of aliphatic carboxylic acids is 1. The van der Waals surface area contributed by atoms with E-state index in [1.165, 1.54) is 16.7 Å². The van der Waals surface area contributed by atoms with Gasteiger partial charge in [0.25, 0.3) is 5.91 Å². The molecule has 3 aromatic rings. The highest BCUT2D eigenvalue weighted by Gasteiger charge is 2.34. The second-order valence-electron chi connectivity index (χ2n) is 6.85. The molecule has 0 unspecified atom stereocenters. The van der Waals surface area contributed by atoms with Crippen LogP contribution in [0.2, 0.25) is 10.0 Å². The number of anilines is 1. The third kappa shape index (κ3) is 5.76. The molecule has 0 atom stereocenters. The summed E-state index contributed by atoms with van der Waals surface area (Å²) in [6.07, 6.45) is 1.72. The summed E-state index contributed by atoms with van der Waals surface area (Å²) in [4.78, 5) is 30.7. The first-order chi connectivity index (χ1) is 15.9. The lowest BCUT2D eigenvalue weighted by atomic mass is 10.2. The van der Waals surface area contributed by atoms with E-state index < -0.39 is 12.6 Å². The number of benzene rings is 3. The van der Waals surface area contributed by atoms with Crippen LogP contribution >= 0.6 is 35.0 Å². The van der Waals surface area contributed by atoms with Crippen molar-refractivity contribution in [2.24, 2.45) is 4.99 Å². The topological polar surface area (TPSA) is 79.2 Å². The van der Waals surface area contributed by atoms with E-state index in [-0.39, 0.29) is 5.91 Å². The van der Waals surface area contributed by atoms with Gasteiger partial charge in [0.2, 0.25) is 0 Å². The quantitative estimate of drug-likeness (QED) is 0.405. The van der Waals surface area contributed by atoms with Crippen LogP contribution in [0.5, 0.6) is 5.75 Å². The Hall–Kier alpha value is -3.26. The monoisotopic (exact) mass is 498 g/mol. The molecule has 1 fully saturated rings. The number of carbonyl (C=O) groups is 2. The highest BCUT2D eigenvalue weighted by atomic mass is 35.5. The van der Waals surface area contributed by atoms with Crippen LogP contribution in [0.3, 0.4) is 0 Å². The van der Waals surface area contributed by atoms with Crippen LogP contribution in [0.4, 0.5) is 11.4 Å². The Kier molecular flexibility index (Phi) is 7.03. The molecule has 0 saturated carbocycles. The van der Waals surface area contributed by atoms with Crippen molar-refractivity contribution in [3.8, 4) is 5.75 Å². The predicted molar refractivity (Wildman–Crippen MR) is 133 cm³/mol. The minimum atomic E-state index is -1.07. The number of nitrogens with zero attached hydrogens (tertiary/aromatic N) is 2. The van der Waals surface area contributed by atoms with E-state index >= 15 is 0 Å². The van der Waals surface area contributed by atoms with Gasteiger partial charge in [-0.3, -0.25) is 9.69 Å². The molecular weight excluding hydrogens is 483 g/mol. The summed E-state index contributed by atoms with van der Waals surface area (Å²) in [5, 5.41) is 10.4. The minimum absolute atomic E-state index is 0.244. The first kappa shape index (κ1) is 22.9. The fourth-order valence-corrected chi connectivity index (χ4v) is 4.24. The maximum atomic E-state index is 13.3. The molecule has 0 bridgehead atoms. The molecule has 3 aromatic carbocycles. The Balaban J connectivity index is 1.69. The van der Waals surface area contributed by atoms with Crippen molar-refractivity contribution in [3.63, 3.8) is 0 Å². The third-order valence-electron chi connectivity index (χ3n) is 4.46. The number of hydrogen-bond donors (Lipinski definition) is 1. The zero-order chi connectivity index (χ0) is 23.4. The summed E-state index contributed by atoms with van der Waals surface area (Å²) < 4.78 is 5.23. The second kappa shape index (κ2) is 10.1. The zero-order valence-corrected chi connectivity index (χ0v) is 19.3. The molecular formula is C24H16Cl2N2O4S. The molecule has 0 radical (unpaired) electrons. The molecule has 33 heavy (non-hydrogen) atoms. The SMILES string of the molecule is O=C(O)COc1cccc(C=C2SC(=Nc3ccc(Cl)cc3)N(c3ccc(Cl)cc3)C2=O)c1. The smallest absolute Gasteiger partial charge is 0.341 e. The van der Waals surface area contributed by atoms with E-state index in [9.17, 15) is 9.59 Å². The van der Waals surface area contributed by atoms with Crippen LogP contribution in [-0.4, -0.2) is 28.8 Å². The van der Waals surface area contributed by atoms with Crippen molar-refractivity contribution in [1.29, 1.82) is 0 Å². The Bertz CT molecular complexity index is 1260. The molecule has 4 rings (SSSR count). The summed E-state index contributed by atoms with van der Waals surface area (Å²) in [5.41, 5.74) is 1.98. The number of hydrogen-bond acceptors (Lipinski definition) is 5. The molecule has 0 aromatic heterocycles. The number of thioether (sulfide) groups is 1. The van der Waals surface area contributed by atoms with E-state index in [0.29, 0.717) is 42.8 Å². The lowest BCUT2D eigenvalue weighted by Gasteiger charge is -2.15. The number of carbonyl (C=O) groups excluding carboxylic acids is 1. The van der Waals surface area contributed by atoms with Gasteiger partial charge >= 0.3 is 5.97 Å². The number of ether oxygens (including phenoxy) is 1. The van der Waals surface area contributed by atoms with Gasteiger partial charge in [0.15, 0.2) is 11.8 Å². The lowest BCUT2D eigenvalue weighted by molar-refractivity contribution is -0.139. The first-order valence-electron chi connectivity index (χ1n) is 9.67. The average molecular weight is 499 g/mol. The van der Waals surface area contributed by atoms with E-state index in [1.807, 2.05) is 0 Å². The average Bonchev–Trinajstić information content (AvgIpc) is 3.09. The Morgan fingerprint density at radius 3 is 2.36 bits per heavy atom. The molecule has 1 aliphatic heterocycles. The fraction of sp³-hybridized carbons (Fsp3) is 0.0417. The van der Waals surface area contributed by atoms with Crippen LogP contribution in [0.1, 0.15) is 5.56 Å². The molecule has 1 amide bonds. The maximum absolute atomic E-state index is 13.3. The highest BCUT2D eigenvalue weighted by molar-refractivity contribution is 8.19. The number of rotatable bonds is 6. The summed E-state index contributed by atoms with van der Waals surface area (Å²) in [7, 11) is 0. The standard InChI is InChI=1S/C24H16Cl2N2O4S/c25-16-4-8-18(9-5-16)27-24-28(19-10-6-17(26)7-11-19)23(31)21(33-24)13-15-2-1-3-20(12-15)32-14-22(29)30/h1-13H,14H2,(H,29,30). The molecule has 1 heterocycles.